The lowest BCUT2D eigenvalue weighted by atomic mass is 10.1. The summed E-state index contributed by atoms with van der Waals surface area (Å²) in [5.74, 6) is 0.226. The maximum Gasteiger partial charge on any atom is 0.214 e. The van der Waals surface area contributed by atoms with Gasteiger partial charge in [-0.15, -0.1) is 0 Å². The summed E-state index contributed by atoms with van der Waals surface area (Å²) in [4.78, 5) is 0. The average Bonchev–Trinajstić information content (AvgIpc) is 2.30. The molecule has 5 nitrogen and oxygen atoms in total. The average molecular weight is 264 g/mol. The van der Waals surface area contributed by atoms with Crippen LogP contribution in [0.15, 0.2) is 0 Å². The number of nitrogens with zero attached hydrogens (tertiary/aromatic N) is 1. The summed E-state index contributed by atoms with van der Waals surface area (Å²) in [5, 5.41) is 0. The highest BCUT2D eigenvalue weighted by Gasteiger charge is 2.27. The summed E-state index contributed by atoms with van der Waals surface area (Å²) in [7, 11) is -3.07. The van der Waals surface area contributed by atoms with Crippen molar-refractivity contribution < 1.29 is 13.2 Å². The molecular weight excluding hydrogens is 240 g/mol. The zero-order valence-electron chi connectivity index (χ0n) is 10.6. The van der Waals surface area contributed by atoms with Gasteiger partial charge in [0, 0.05) is 19.7 Å². The summed E-state index contributed by atoms with van der Waals surface area (Å²) in [5.41, 5.74) is 5.36. The zero-order valence-corrected chi connectivity index (χ0v) is 11.4. The van der Waals surface area contributed by atoms with Crippen LogP contribution in [0, 0.1) is 0 Å². The molecule has 1 rings (SSSR count). The Hall–Kier alpha value is -0.170. The smallest absolute Gasteiger partial charge is 0.214 e. The minimum atomic E-state index is -3.07. The number of rotatable bonds is 7. The largest absolute Gasteiger partial charge is 0.378 e. The molecule has 0 unspecified atom stereocenters. The Morgan fingerprint density at radius 3 is 2.47 bits per heavy atom. The predicted molar refractivity (Wildman–Crippen MR) is 68.3 cm³/mol. The van der Waals surface area contributed by atoms with Crippen LogP contribution >= 0.6 is 0 Å². The highest BCUT2D eigenvalue weighted by atomic mass is 32.2. The van der Waals surface area contributed by atoms with Crippen LogP contribution in [0.2, 0.25) is 0 Å². The Labute approximate surface area is 104 Å². The van der Waals surface area contributed by atoms with E-state index in [2.05, 4.69) is 0 Å². The van der Waals surface area contributed by atoms with Crippen LogP contribution in [0.4, 0.5) is 0 Å². The Balaban J connectivity index is 2.36. The predicted octanol–water partition coefficient (Wildman–Crippen LogP) is 0.556. The number of hydrogen-bond donors (Lipinski definition) is 1. The first-order valence-corrected chi connectivity index (χ1v) is 8.00. The van der Waals surface area contributed by atoms with Crippen LogP contribution in [0.3, 0.4) is 0 Å². The minimum Gasteiger partial charge on any atom is -0.378 e. The molecule has 1 saturated heterocycles. The SMILES string of the molecule is CCOC1CCN(S(=O)(=O)CCCCN)CC1. The van der Waals surface area contributed by atoms with Crippen molar-refractivity contribution >= 4 is 10.0 Å². The lowest BCUT2D eigenvalue weighted by Gasteiger charge is -2.30. The van der Waals surface area contributed by atoms with E-state index in [-0.39, 0.29) is 11.9 Å². The number of nitrogens with two attached hydrogens (primary N) is 1. The van der Waals surface area contributed by atoms with Crippen molar-refractivity contribution in [3.05, 3.63) is 0 Å². The topological polar surface area (TPSA) is 72.6 Å². The van der Waals surface area contributed by atoms with Crippen LogP contribution in [0.1, 0.15) is 32.6 Å². The van der Waals surface area contributed by atoms with E-state index in [1.807, 2.05) is 6.92 Å². The molecule has 0 bridgehead atoms. The highest BCUT2D eigenvalue weighted by Crippen LogP contribution is 2.17. The molecule has 0 aromatic heterocycles. The summed E-state index contributed by atoms with van der Waals surface area (Å²) in [6.45, 7) is 4.41. The van der Waals surface area contributed by atoms with Gasteiger partial charge in [0.15, 0.2) is 0 Å². The molecule has 0 amide bonds. The number of ether oxygens (including phenoxy) is 1. The van der Waals surface area contributed by atoms with Crippen LogP contribution in [0.25, 0.3) is 0 Å². The fraction of sp³-hybridized carbons (Fsp3) is 1.00. The standard InChI is InChI=1S/C11H24N2O3S/c1-2-16-11-5-8-13(9-6-11)17(14,15)10-4-3-7-12/h11H,2-10,12H2,1H3. The van der Waals surface area contributed by atoms with Gasteiger partial charge in [0.25, 0.3) is 0 Å². The van der Waals surface area contributed by atoms with Crippen LogP contribution in [0.5, 0.6) is 0 Å². The van der Waals surface area contributed by atoms with Crippen LogP contribution < -0.4 is 5.73 Å². The third kappa shape index (κ3) is 4.91. The summed E-state index contributed by atoms with van der Waals surface area (Å²) >= 11 is 0. The fourth-order valence-corrected chi connectivity index (χ4v) is 3.66. The Bertz CT molecular complexity index is 298. The van der Waals surface area contributed by atoms with Crippen molar-refractivity contribution in [3.8, 4) is 0 Å². The monoisotopic (exact) mass is 264 g/mol. The van der Waals surface area contributed by atoms with E-state index in [1.54, 1.807) is 4.31 Å². The number of hydrogen-bond acceptors (Lipinski definition) is 4. The van der Waals surface area contributed by atoms with Gasteiger partial charge in [-0.25, -0.2) is 12.7 Å². The second kappa shape index (κ2) is 7.31. The molecule has 0 radical (unpaired) electrons. The molecular formula is C11H24N2O3S. The zero-order chi connectivity index (χ0) is 12.7. The molecule has 102 valence electrons. The minimum absolute atomic E-state index is 0.226. The maximum atomic E-state index is 12.0. The van der Waals surface area contributed by atoms with Crippen LogP contribution in [-0.2, 0) is 14.8 Å². The van der Waals surface area contributed by atoms with Gasteiger partial charge in [0.2, 0.25) is 10.0 Å². The van der Waals surface area contributed by atoms with Crippen molar-refractivity contribution in [1.82, 2.24) is 4.31 Å². The number of piperidine rings is 1. The highest BCUT2D eigenvalue weighted by molar-refractivity contribution is 7.89. The van der Waals surface area contributed by atoms with Crippen molar-refractivity contribution in [3.63, 3.8) is 0 Å². The second-order valence-electron chi connectivity index (χ2n) is 4.37. The molecule has 0 aromatic carbocycles. The molecule has 0 atom stereocenters. The summed E-state index contributed by atoms with van der Waals surface area (Å²) in [6.07, 6.45) is 3.28. The van der Waals surface area contributed by atoms with Gasteiger partial charge in [0.1, 0.15) is 0 Å². The molecule has 0 saturated carbocycles. The van der Waals surface area contributed by atoms with Gasteiger partial charge in [-0.3, -0.25) is 0 Å². The van der Waals surface area contributed by atoms with Crippen molar-refractivity contribution in [2.75, 3.05) is 32.0 Å². The Morgan fingerprint density at radius 2 is 1.94 bits per heavy atom. The molecule has 6 heteroatoms. The quantitative estimate of drug-likeness (QED) is 0.682. The molecule has 0 spiro atoms. The third-order valence-corrected chi connectivity index (χ3v) is 5.01. The van der Waals surface area contributed by atoms with E-state index >= 15 is 0 Å². The van der Waals surface area contributed by atoms with Gasteiger partial charge >= 0.3 is 0 Å². The molecule has 17 heavy (non-hydrogen) atoms. The Kier molecular flexibility index (Phi) is 6.40. The van der Waals surface area contributed by atoms with E-state index in [0.29, 0.717) is 32.7 Å². The fourth-order valence-electron chi connectivity index (χ4n) is 2.07. The van der Waals surface area contributed by atoms with Gasteiger partial charge in [-0.2, -0.15) is 0 Å². The first kappa shape index (κ1) is 14.9. The summed E-state index contributed by atoms with van der Waals surface area (Å²) < 4.78 is 31.0. The molecule has 1 aliphatic heterocycles. The van der Waals surface area contributed by atoms with Crippen molar-refractivity contribution in [2.24, 2.45) is 5.73 Å². The molecule has 2 N–H and O–H groups in total. The second-order valence-corrected chi connectivity index (χ2v) is 6.45. The van der Waals surface area contributed by atoms with Gasteiger partial charge in [0.05, 0.1) is 11.9 Å². The lowest BCUT2D eigenvalue weighted by Crippen LogP contribution is -2.41. The first-order valence-electron chi connectivity index (χ1n) is 6.39. The first-order chi connectivity index (χ1) is 8.10. The summed E-state index contributed by atoms with van der Waals surface area (Å²) in [6, 6.07) is 0. The van der Waals surface area contributed by atoms with Gasteiger partial charge in [-0.05, 0) is 39.2 Å². The molecule has 0 aromatic rings. The van der Waals surface area contributed by atoms with E-state index in [9.17, 15) is 8.42 Å². The third-order valence-electron chi connectivity index (χ3n) is 3.05. The van der Waals surface area contributed by atoms with E-state index in [4.69, 9.17) is 10.5 Å². The van der Waals surface area contributed by atoms with E-state index in [0.717, 1.165) is 19.3 Å². The number of sulfonamides is 1. The Morgan fingerprint density at radius 1 is 1.29 bits per heavy atom. The molecule has 1 fully saturated rings. The number of unbranched alkanes of at least 4 members (excludes halogenated alkanes) is 1. The molecule has 1 heterocycles. The van der Waals surface area contributed by atoms with E-state index < -0.39 is 10.0 Å². The van der Waals surface area contributed by atoms with E-state index in [1.165, 1.54) is 0 Å². The van der Waals surface area contributed by atoms with Crippen molar-refractivity contribution in [1.29, 1.82) is 0 Å². The van der Waals surface area contributed by atoms with Crippen molar-refractivity contribution in [2.45, 2.75) is 38.7 Å². The normalized spacial score (nSPS) is 19.6. The van der Waals surface area contributed by atoms with Gasteiger partial charge < -0.3 is 10.5 Å². The van der Waals surface area contributed by atoms with Gasteiger partial charge in [-0.1, -0.05) is 0 Å². The lowest BCUT2D eigenvalue weighted by molar-refractivity contribution is 0.0290. The molecule has 1 aliphatic rings. The maximum absolute atomic E-state index is 12.0. The van der Waals surface area contributed by atoms with Crippen LogP contribution in [-0.4, -0.2) is 50.8 Å². The molecule has 0 aliphatic carbocycles.